The molecule has 0 saturated carbocycles. The fraction of sp³-hybridized carbons (Fsp3) is 0.143. The third kappa shape index (κ3) is 2.87. The minimum atomic E-state index is 0.329. The van der Waals surface area contributed by atoms with Crippen molar-refractivity contribution in [3.8, 4) is 11.8 Å². The average molecular weight is 343 g/mol. The molecule has 2 aromatic heterocycles. The van der Waals surface area contributed by atoms with E-state index in [1.807, 2.05) is 48.5 Å². The maximum Gasteiger partial charge on any atom is 0.146 e. The van der Waals surface area contributed by atoms with E-state index in [4.69, 9.17) is 9.47 Å². The highest BCUT2D eigenvalue weighted by Gasteiger charge is 2.15. The number of ether oxygens (including phenoxy) is 2. The molecule has 0 aliphatic rings. The second-order valence-electron chi connectivity index (χ2n) is 6.03. The van der Waals surface area contributed by atoms with E-state index in [9.17, 15) is 5.26 Å². The van der Waals surface area contributed by atoms with Crippen LogP contribution < -0.4 is 4.74 Å². The summed E-state index contributed by atoms with van der Waals surface area (Å²) in [6.07, 6.45) is 1.69. The van der Waals surface area contributed by atoms with E-state index in [0.29, 0.717) is 18.9 Å². The van der Waals surface area contributed by atoms with Gasteiger partial charge in [-0.05, 0) is 23.8 Å². The predicted molar refractivity (Wildman–Crippen MR) is 99.8 cm³/mol. The first-order chi connectivity index (χ1) is 12.8. The van der Waals surface area contributed by atoms with Crippen LogP contribution in [-0.4, -0.2) is 17.1 Å². The molecule has 0 saturated heterocycles. The lowest BCUT2D eigenvalue weighted by molar-refractivity contribution is 0.185. The SMILES string of the molecule is COCc1c(C#N)ncc2[nH]c3ccc(OCc4ccccc4)cc3c12. The normalized spacial score (nSPS) is 10.9. The monoisotopic (exact) mass is 343 g/mol. The standard InChI is InChI=1S/C21H17N3O2/c1-25-13-17-19(10-22)23-11-20-21(17)16-9-15(7-8-18(16)24-20)26-12-14-5-3-2-4-6-14/h2-9,11,24H,12-13H2,1H3. The maximum absolute atomic E-state index is 9.38. The second-order valence-corrected chi connectivity index (χ2v) is 6.03. The van der Waals surface area contributed by atoms with Crippen LogP contribution in [0.5, 0.6) is 5.75 Å². The van der Waals surface area contributed by atoms with Gasteiger partial charge in [0.2, 0.25) is 0 Å². The van der Waals surface area contributed by atoms with Gasteiger partial charge in [-0.3, -0.25) is 0 Å². The van der Waals surface area contributed by atoms with Crippen LogP contribution in [0, 0.1) is 11.3 Å². The zero-order chi connectivity index (χ0) is 17.9. The third-order valence-corrected chi connectivity index (χ3v) is 4.35. The van der Waals surface area contributed by atoms with Gasteiger partial charge in [-0.15, -0.1) is 0 Å². The molecule has 0 spiro atoms. The number of nitrogens with zero attached hydrogens (tertiary/aromatic N) is 2. The van der Waals surface area contributed by atoms with E-state index in [0.717, 1.165) is 38.7 Å². The number of hydrogen-bond donors (Lipinski definition) is 1. The Bertz CT molecular complexity index is 1110. The lowest BCUT2D eigenvalue weighted by Crippen LogP contribution is -1.97. The highest BCUT2D eigenvalue weighted by Crippen LogP contribution is 2.32. The zero-order valence-corrected chi connectivity index (χ0v) is 14.3. The molecule has 0 bridgehead atoms. The number of hydrogen-bond acceptors (Lipinski definition) is 4. The van der Waals surface area contributed by atoms with Crippen molar-refractivity contribution in [2.24, 2.45) is 0 Å². The molecule has 4 aromatic rings. The van der Waals surface area contributed by atoms with Crippen LogP contribution in [-0.2, 0) is 18.0 Å². The molecular formula is C21H17N3O2. The molecule has 0 atom stereocenters. The van der Waals surface area contributed by atoms with Crippen LogP contribution in [0.25, 0.3) is 21.8 Å². The first-order valence-electron chi connectivity index (χ1n) is 8.29. The van der Waals surface area contributed by atoms with Crippen molar-refractivity contribution < 1.29 is 9.47 Å². The Hall–Kier alpha value is -3.36. The van der Waals surface area contributed by atoms with E-state index in [1.54, 1.807) is 13.3 Å². The fourth-order valence-corrected chi connectivity index (χ4v) is 3.15. The maximum atomic E-state index is 9.38. The average Bonchev–Trinajstić information content (AvgIpc) is 3.06. The summed E-state index contributed by atoms with van der Waals surface area (Å²) >= 11 is 0. The molecule has 4 rings (SSSR count). The Kier molecular flexibility index (Phi) is 4.26. The molecule has 128 valence electrons. The van der Waals surface area contributed by atoms with Crippen molar-refractivity contribution in [1.29, 1.82) is 5.26 Å². The number of aromatic nitrogens is 2. The van der Waals surface area contributed by atoms with Gasteiger partial charge in [-0.25, -0.2) is 4.98 Å². The molecular weight excluding hydrogens is 326 g/mol. The first-order valence-corrected chi connectivity index (χ1v) is 8.29. The number of fused-ring (bicyclic) bond motifs is 3. The van der Waals surface area contributed by atoms with Crippen molar-refractivity contribution in [3.63, 3.8) is 0 Å². The Morgan fingerprint density at radius 2 is 1.92 bits per heavy atom. The largest absolute Gasteiger partial charge is 0.489 e. The van der Waals surface area contributed by atoms with Gasteiger partial charge in [0.15, 0.2) is 0 Å². The van der Waals surface area contributed by atoms with Gasteiger partial charge in [0, 0.05) is 29.0 Å². The van der Waals surface area contributed by atoms with Crippen molar-refractivity contribution in [2.75, 3.05) is 7.11 Å². The van der Waals surface area contributed by atoms with Gasteiger partial charge >= 0.3 is 0 Å². The Balaban J connectivity index is 1.78. The zero-order valence-electron chi connectivity index (χ0n) is 14.3. The summed E-state index contributed by atoms with van der Waals surface area (Å²) in [5, 5.41) is 11.3. The van der Waals surface area contributed by atoms with E-state index < -0.39 is 0 Å². The van der Waals surface area contributed by atoms with Gasteiger partial charge < -0.3 is 14.5 Å². The van der Waals surface area contributed by atoms with Crippen LogP contribution >= 0.6 is 0 Å². The van der Waals surface area contributed by atoms with E-state index in [-0.39, 0.29) is 0 Å². The molecule has 0 amide bonds. The Labute approximate surface area is 150 Å². The van der Waals surface area contributed by atoms with Gasteiger partial charge in [-0.2, -0.15) is 5.26 Å². The summed E-state index contributed by atoms with van der Waals surface area (Å²) < 4.78 is 11.2. The summed E-state index contributed by atoms with van der Waals surface area (Å²) in [6.45, 7) is 0.833. The van der Waals surface area contributed by atoms with Crippen molar-refractivity contribution >= 4 is 21.8 Å². The number of nitrogens with one attached hydrogen (secondary N) is 1. The molecule has 2 heterocycles. The topological polar surface area (TPSA) is 70.9 Å². The minimum absolute atomic E-state index is 0.329. The van der Waals surface area contributed by atoms with Crippen LogP contribution in [0.15, 0.2) is 54.7 Å². The second kappa shape index (κ2) is 6.87. The molecule has 2 aromatic carbocycles. The summed E-state index contributed by atoms with van der Waals surface area (Å²) in [4.78, 5) is 7.58. The van der Waals surface area contributed by atoms with Crippen LogP contribution in [0.4, 0.5) is 0 Å². The molecule has 0 unspecified atom stereocenters. The number of aromatic amines is 1. The van der Waals surface area contributed by atoms with Gasteiger partial charge in [0.25, 0.3) is 0 Å². The van der Waals surface area contributed by atoms with Crippen LogP contribution in [0.1, 0.15) is 16.8 Å². The number of rotatable bonds is 5. The first kappa shape index (κ1) is 16.1. The number of nitriles is 1. The van der Waals surface area contributed by atoms with E-state index in [1.165, 1.54) is 0 Å². The van der Waals surface area contributed by atoms with Crippen LogP contribution in [0.3, 0.4) is 0 Å². The number of methoxy groups -OCH3 is 1. The summed E-state index contributed by atoms with van der Waals surface area (Å²) in [5.74, 6) is 0.779. The fourth-order valence-electron chi connectivity index (χ4n) is 3.15. The molecule has 0 radical (unpaired) electrons. The number of benzene rings is 2. The number of H-pyrrole nitrogens is 1. The smallest absolute Gasteiger partial charge is 0.146 e. The third-order valence-electron chi connectivity index (χ3n) is 4.35. The quantitative estimate of drug-likeness (QED) is 0.586. The lowest BCUT2D eigenvalue weighted by atomic mass is 10.1. The lowest BCUT2D eigenvalue weighted by Gasteiger charge is -2.07. The molecule has 5 heteroatoms. The summed E-state index contributed by atoms with van der Waals surface area (Å²) in [7, 11) is 1.61. The Morgan fingerprint density at radius 1 is 1.08 bits per heavy atom. The van der Waals surface area contributed by atoms with Gasteiger partial charge in [-0.1, -0.05) is 30.3 Å². The van der Waals surface area contributed by atoms with Crippen LogP contribution in [0.2, 0.25) is 0 Å². The van der Waals surface area contributed by atoms with Crippen molar-refractivity contribution in [2.45, 2.75) is 13.2 Å². The van der Waals surface area contributed by atoms with Crippen molar-refractivity contribution in [1.82, 2.24) is 9.97 Å². The summed E-state index contributed by atoms with van der Waals surface area (Å²) in [6, 6.07) is 18.1. The van der Waals surface area contributed by atoms with Gasteiger partial charge in [0.05, 0.1) is 18.3 Å². The van der Waals surface area contributed by atoms with E-state index >= 15 is 0 Å². The highest BCUT2D eigenvalue weighted by molar-refractivity contribution is 6.09. The predicted octanol–water partition coefficient (Wildman–Crippen LogP) is 4.31. The van der Waals surface area contributed by atoms with E-state index in [2.05, 4.69) is 16.0 Å². The minimum Gasteiger partial charge on any atom is -0.489 e. The molecule has 26 heavy (non-hydrogen) atoms. The molecule has 0 aliphatic carbocycles. The van der Waals surface area contributed by atoms with Crippen molar-refractivity contribution in [3.05, 3.63) is 71.5 Å². The summed E-state index contributed by atoms with van der Waals surface area (Å²) in [5.41, 5.74) is 4.14. The highest BCUT2D eigenvalue weighted by atomic mass is 16.5. The molecule has 1 N–H and O–H groups in total. The van der Waals surface area contributed by atoms with Gasteiger partial charge in [0.1, 0.15) is 24.1 Å². The number of pyridine rings is 1. The molecule has 5 nitrogen and oxygen atoms in total. The Morgan fingerprint density at radius 3 is 2.69 bits per heavy atom. The molecule has 0 aliphatic heterocycles. The molecule has 0 fully saturated rings.